The molecule has 0 aliphatic heterocycles. The van der Waals surface area contributed by atoms with E-state index < -0.39 is 0 Å². The third-order valence-electron chi connectivity index (χ3n) is 3.70. The van der Waals surface area contributed by atoms with Gasteiger partial charge in [-0.2, -0.15) is 0 Å². The van der Waals surface area contributed by atoms with Crippen LogP contribution in [0.3, 0.4) is 0 Å². The smallest absolute Gasteiger partial charge is 0.127 e. The predicted molar refractivity (Wildman–Crippen MR) is 99.2 cm³/mol. The van der Waals surface area contributed by atoms with E-state index in [4.69, 9.17) is 15.3 Å². The van der Waals surface area contributed by atoms with Gasteiger partial charge in [0.05, 0.1) is 18.4 Å². The van der Waals surface area contributed by atoms with Crippen LogP contribution in [-0.4, -0.2) is 26.9 Å². The van der Waals surface area contributed by atoms with Crippen molar-refractivity contribution in [2.45, 2.75) is 20.5 Å². The minimum Gasteiger partial charge on any atom is -0.496 e. The molecule has 0 amide bonds. The minimum absolute atomic E-state index is 0.379. The van der Waals surface area contributed by atoms with Crippen LogP contribution in [0.15, 0.2) is 41.4 Å². The number of nitrogens with two attached hydrogens (primary N) is 1. The molecule has 128 valence electrons. The molecule has 0 bridgehead atoms. The Bertz CT molecular complexity index is 712. The number of anilines is 1. The van der Waals surface area contributed by atoms with Crippen molar-refractivity contribution >= 4 is 11.9 Å². The van der Waals surface area contributed by atoms with Crippen molar-refractivity contribution in [2.75, 3.05) is 25.7 Å². The van der Waals surface area contributed by atoms with Gasteiger partial charge < -0.3 is 14.5 Å². The molecular formula is C19H25N3O2. The first-order chi connectivity index (χ1) is 11.6. The largest absolute Gasteiger partial charge is 0.496 e. The van der Waals surface area contributed by atoms with Crippen LogP contribution in [0.5, 0.6) is 11.5 Å². The Morgan fingerprint density at radius 3 is 2.62 bits per heavy atom. The van der Waals surface area contributed by atoms with E-state index in [0.717, 1.165) is 40.4 Å². The highest BCUT2D eigenvalue weighted by Gasteiger charge is 2.12. The van der Waals surface area contributed by atoms with E-state index in [1.807, 2.05) is 50.4 Å². The lowest BCUT2D eigenvalue weighted by Crippen LogP contribution is -2.26. The summed E-state index contributed by atoms with van der Waals surface area (Å²) in [5.74, 6) is 7.50. The molecule has 0 radical (unpaired) electrons. The number of aryl methyl sites for hydroxylation is 1. The molecule has 2 rings (SSSR count). The molecule has 0 saturated heterocycles. The zero-order chi connectivity index (χ0) is 17.5. The van der Waals surface area contributed by atoms with Gasteiger partial charge in [-0.15, -0.1) is 0 Å². The summed E-state index contributed by atoms with van der Waals surface area (Å²) in [6.45, 7) is 5.20. The fourth-order valence-electron chi connectivity index (χ4n) is 2.48. The van der Waals surface area contributed by atoms with Gasteiger partial charge in [-0.1, -0.05) is 6.07 Å². The highest BCUT2D eigenvalue weighted by atomic mass is 16.5. The molecule has 0 spiro atoms. The Kier molecular flexibility index (Phi) is 6.21. The summed E-state index contributed by atoms with van der Waals surface area (Å²) in [5.41, 5.74) is 3.92. The van der Waals surface area contributed by atoms with E-state index in [0.29, 0.717) is 6.61 Å². The lowest BCUT2D eigenvalue weighted by atomic mass is 10.1. The predicted octanol–water partition coefficient (Wildman–Crippen LogP) is 3.33. The minimum atomic E-state index is 0.379. The van der Waals surface area contributed by atoms with Crippen LogP contribution >= 0.6 is 0 Å². The molecule has 0 unspecified atom stereocenters. The monoisotopic (exact) mass is 327 g/mol. The SMILES string of the molecule is CC/N=C/c1ccc(OCc2c(OC)cccc2N(C)N)c(C)c1. The third-order valence-corrected chi connectivity index (χ3v) is 3.70. The maximum absolute atomic E-state index is 6.01. The number of hydrogen-bond acceptors (Lipinski definition) is 5. The van der Waals surface area contributed by atoms with E-state index in [1.54, 1.807) is 19.2 Å². The molecule has 0 aliphatic carbocycles. The van der Waals surface area contributed by atoms with Gasteiger partial charge in [-0.25, -0.2) is 5.84 Å². The number of aliphatic imine (C=N–C) groups is 1. The van der Waals surface area contributed by atoms with Crippen LogP contribution < -0.4 is 20.3 Å². The number of hydrazine groups is 1. The van der Waals surface area contributed by atoms with Crippen LogP contribution in [0.25, 0.3) is 0 Å². The van der Waals surface area contributed by atoms with Crippen molar-refractivity contribution in [3.63, 3.8) is 0 Å². The van der Waals surface area contributed by atoms with Gasteiger partial charge in [0.1, 0.15) is 18.1 Å². The first-order valence-electron chi connectivity index (χ1n) is 7.94. The van der Waals surface area contributed by atoms with Gasteiger partial charge in [0.15, 0.2) is 0 Å². The normalized spacial score (nSPS) is 10.9. The highest BCUT2D eigenvalue weighted by molar-refractivity contribution is 5.80. The van der Waals surface area contributed by atoms with Crippen LogP contribution in [0.2, 0.25) is 0 Å². The van der Waals surface area contributed by atoms with Crippen LogP contribution in [0, 0.1) is 6.92 Å². The van der Waals surface area contributed by atoms with Gasteiger partial charge in [0.2, 0.25) is 0 Å². The second-order valence-corrected chi connectivity index (χ2v) is 5.51. The fraction of sp³-hybridized carbons (Fsp3) is 0.316. The van der Waals surface area contributed by atoms with Crippen molar-refractivity contribution in [3.05, 3.63) is 53.1 Å². The molecule has 2 aromatic rings. The lowest BCUT2D eigenvalue weighted by Gasteiger charge is -2.20. The van der Waals surface area contributed by atoms with Crippen LogP contribution in [-0.2, 0) is 6.61 Å². The number of hydrogen-bond donors (Lipinski definition) is 1. The molecule has 5 heteroatoms. The van der Waals surface area contributed by atoms with Crippen molar-refractivity contribution in [1.82, 2.24) is 0 Å². The van der Waals surface area contributed by atoms with Crippen molar-refractivity contribution < 1.29 is 9.47 Å². The zero-order valence-corrected chi connectivity index (χ0v) is 14.7. The Labute approximate surface area is 143 Å². The molecule has 5 nitrogen and oxygen atoms in total. The van der Waals surface area contributed by atoms with Gasteiger partial charge in [0, 0.05) is 19.8 Å². The van der Waals surface area contributed by atoms with E-state index in [1.165, 1.54) is 0 Å². The number of rotatable bonds is 7. The molecule has 2 N–H and O–H groups in total. The number of nitrogens with zero attached hydrogens (tertiary/aromatic N) is 2. The highest BCUT2D eigenvalue weighted by Crippen LogP contribution is 2.30. The molecule has 0 aromatic heterocycles. The fourth-order valence-corrected chi connectivity index (χ4v) is 2.48. The molecule has 0 atom stereocenters. The summed E-state index contributed by atoms with van der Waals surface area (Å²) in [4.78, 5) is 4.26. The summed E-state index contributed by atoms with van der Waals surface area (Å²) >= 11 is 0. The van der Waals surface area contributed by atoms with Crippen LogP contribution in [0.1, 0.15) is 23.6 Å². The van der Waals surface area contributed by atoms with Gasteiger partial charge >= 0.3 is 0 Å². The molecule has 0 fully saturated rings. The molecule has 0 aliphatic rings. The van der Waals surface area contributed by atoms with Crippen molar-refractivity contribution in [3.8, 4) is 11.5 Å². The maximum atomic E-state index is 6.01. The Morgan fingerprint density at radius 2 is 2.00 bits per heavy atom. The molecule has 24 heavy (non-hydrogen) atoms. The average Bonchev–Trinajstić information content (AvgIpc) is 2.58. The number of ether oxygens (including phenoxy) is 2. The quantitative estimate of drug-likeness (QED) is 0.481. The van der Waals surface area contributed by atoms with E-state index in [2.05, 4.69) is 11.1 Å². The van der Waals surface area contributed by atoms with Gasteiger partial charge in [0.25, 0.3) is 0 Å². The summed E-state index contributed by atoms with van der Waals surface area (Å²) in [5, 5.41) is 1.57. The van der Waals surface area contributed by atoms with E-state index in [9.17, 15) is 0 Å². The number of benzene rings is 2. The third kappa shape index (κ3) is 4.26. The summed E-state index contributed by atoms with van der Waals surface area (Å²) in [7, 11) is 3.44. The topological polar surface area (TPSA) is 60.1 Å². The molecular weight excluding hydrogens is 302 g/mol. The summed E-state index contributed by atoms with van der Waals surface area (Å²) in [6, 6.07) is 11.8. The first kappa shape index (κ1) is 17.8. The van der Waals surface area contributed by atoms with Gasteiger partial charge in [-0.3, -0.25) is 4.99 Å². The molecule has 0 heterocycles. The summed E-state index contributed by atoms with van der Waals surface area (Å²) < 4.78 is 11.4. The lowest BCUT2D eigenvalue weighted by molar-refractivity contribution is 0.295. The van der Waals surface area contributed by atoms with Crippen molar-refractivity contribution in [2.24, 2.45) is 10.8 Å². The Balaban J connectivity index is 2.21. The molecule has 2 aromatic carbocycles. The van der Waals surface area contributed by atoms with E-state index >= 15 is 0 Å². The van der Waals surface area contributed by atoms with E-state index in [-0.39, 0.29) is 0 Å². The summed E-state index contributed by atoms with van der Waals surface area (Å²) in [6.07, 6.45) is 1.87. The average molecular weight is 327 g/mol. The zero-order valence-electron chi connectivity index (χ0n) is 14.7. The van der Waals surface area contributed by atoms with Crippen LogP contribution in [0.4, 0.5) is 5.69 Å². The van der Waals surface area contributed by atoms with Gasteiger partial charge in [-0.05, 0) is 55.3 Å². The Hall–Kier alpha value is -2.53. The second kappa shape index (κ2) is 8.36. The van der Waals surface area contributed by atoms with Crippen molar-refractivity contribution in [1.29, 1.82) is 0 Å². The second-order valence-electron chi connectivity index (χ2n) is 5.51. The first-order valence-corrected chi connectivity index (χ1v) is 7.94. The number of methoxy groups -OCH3 is 1. The maximum Gasteiger partial charge on any atom is 0.127 e. The molecule has 0 saturated carbocycles. The standard InChI is InChI=1S/C19H25N3O2/c1-5-21-12-15-9-10-18(14(2)11-15)24-13-16-17(22(3)20)7-6-8-19(16)23-4/h6-12H,5,13,20H2,1-4H3/b21-12+. The Morgan fingerprint density at radius 1 is 1.21 bits per heavy atom.